The van der Waals surface area contributed by atoms with Crippen LogP contribution in [-0.4, -0.2) is 4.98 Å². The minimum Gasteiger partial charge on any atom is -0.383 e. The summed E-state index contributed by atoms with van der Waals surface area (Å²) in [7, 11) is 0. The highest BCUT2D eigenvalue weighted by Gasteiger charge is 2.24. The Morgan fingerprint density at radius 3 is 2.70 bits per heavy atom. The predicted molar refractivity (Wildman–Crippen MR) is 88.1 cm³/mol. The summed E-state index contributed by atoms with van der Waals surface area (Å²) >= 11 is 6.13. The van der Waals surface area contributed by atoms with E-state index in [1.165, 1.54) is 29.6 Å². The summed E-state index contributed by atoms with van der Waals surface area (Å²) in [6.07, 6.45) is 2.57. The number of nitrogens with one attached hydrogen (secondary N) is 2. The van der Waals surface area contributed by atoms with Crippen molar-refractivity contribution in [1.82, 2.24) is 10.3 Å². The molecule has 2 nitrogen and oxygen atoms in total. The van der Waals surface area contributed by atoms with Crippen molar-refractivity contribution in [3.8, 4) is 0 Å². The lowest BCUT2D eigenvalue weighted by molar-refractivity contribution is 0.737. The Labute approximate surface area is 126 Å². The van der Waals surface area contributed by atoms with E-state index in [4.69, 9.17) is 11.6 Å². The maximum Gasteiger partial charge on any atom is 0.0548 e. The van der Waals surface area contributed by atoms with Crippen molar-refractivity contribution in [2.45, 2.75) is 40.2 Å². The van der Waals surface area contributed by atoms with Gasteiger partial charge in [-0.2, -0.15) is 0 Å². The largest absolute Gasteiger partial charge is 0.383 e. The molecule has 0 radical (unpaired) electrons. The molecule has 0 saturated heterocycles. The number of H-pyrrole nitrogens is 1. The van der Waals surface area contributed by atoms with Gasteiger partial charge < -0.3 is 10.3 Å². The van der Waals surface area contributed by atoms with Gasteiger partial charge in [0.05, 0.1) is 6.54 Å². The van der Waals surface area contributed by atoms with E-state index in [0.29, 0.717) is 5.92 Å². The number of aryl methyl sites for hydroxylation is 1. The highest BCUT2D eigenvalue weighted by atomic mass is 35.5. The SMILES string of the molecule is C=C(NCc1cc2cc(Cl)c(C)cc2[nH]1)C1CC1.CC. The second-order valence-electron chi connectivity index (χ2n) is 5.14. The van der Waals surface area contributed by atoms with Crippen LogP contribution < -0.4 is 5.32 Å². The van der Waals surface area contributed by atoms with Gasteiger partial charge in [0, 0.05) is 27.3 Å². The Balaban J connectivity index is 0.000000704. The second-order valence-corrected chi connectivity index (χ2v) is 5.54. The number of allylic oxidation sites excluding steroid dienone is 1. The molecule has 0 spiro atoms. The summed E-state index contributed by atoms with van der Waals surface area (Å²) < 4.78 is 0. The van der Waals surface area contributed by atoms with E-state index < -0.39 is 0 Å². The van der Waals surface area contributed by atoms with Gasteiger partial charge in [-0.3, -0.25) is 0 Å². The average molecular weight is 291 g/mol. The van der Waals surface area contributed by atoms with Crippen molar-refractivity contribution in [1.29, 1.82) is 0 Å². The number of hydrogen-bond donors (Lipinski definition) is 2. The van der Waals surface area contributed by atoms with Gasteiger partial charge in [-0.1, -0.05) is 32.0 Å². The number of rotatable bonds is 4. The molecule has 1 aromatic carbocycles. The summed E-state index contributed by atoms with van der Waals surface area (Å²) in [6, 6.07) is 6.26. The molecule has 0 aliphatic heterocycles. The van der Waals surface area contributed by atoms with Crippen LogP contribution in [0.5, 0.6) is 0 Å². The van der Waals surface area contributed by atoms with Crippen LogP contribution in [0.25, 0.3) is 10.9 Å². The lowest BCUT2D eigenvalue weighted by Crippen LogP contribution is -2.13. The third-order valence-electron chi connectivity index (χ3n) is 3.53. The van der Waals surface area contributed by atoms with E-state index >= 15 is 0 Å². The number of benzene rings is 1. The first kappa shape index (κ1) is 15.0. The first-order valence-electron chi connectivity index (χ1n) is 7.34. The lowest BCUT2D eigenvalue weighted by Gasteiger charge is -2.06. The standard InChI is InChI=1S/C15H17ClN2.C2H6/c1-9-5-15-12(7-14(9)16)6-13(18-15)8-17-10(2)11-3-4-11;1-2/h5-7,11,17-18H,2-4,8H2,1H3;1-2H3. The van der Waals surface area contributed by atoms with Crippen molar-refractivity contribution < 1.29 is 0 Å². The molecule has 0 amide bonds. The third kappa shape index (κ3) is 3.37. The van der Waals surface area contributed by atoms with E-state index in [1.807, 2.05) is 26.8 Å². The second kappa shape index (κ2) is 6.36. The molecule has 20 heavy (non-hydrogen) atoms. The molecule has 0 unspecified atom stereocenters. The molecule has 1 aliphatic rings. The molecule has 0 atom stereocenters. The van der Waals surface area contributed by atoms with E-state index in [2.05, 4.69) is 29.0 Å². The zero-order valence-corrected chi connectivity index (χ0v) is 13.3. The zero-order chi connectivity index (χ0) is 14.7. The summed E-state index contributed by atoms with van der Waals surface area (Å²) in [5, 5.41) is 5.38. The quantitative estimate of drug-likeness (QED) is 0.799. The molecule has 1 aliphatic carbocycles. The monoisotopic (exact) mass is 290 g/mol. The highest BCUT2D eigenvalue weighted by Crippen LogP contribution is 2.34. The van der Waals surface area contributed by atoms with Gasteiger partial charge >= 0.3 is 0 Å². The van der Waals surface area contributed by atoms with E-state index in [0.717, 1.165) is 22.6 Å². The lowest BCUT2D eigenvalue weighted by atomic mass is 10.2. The Bertz CT molecular complexity index is 570. The first-order valence-corrected chi connectivity index (χ1v) is 7.71. The summed E-state index contributed by atoms with van der Waals surface area (Å²) in [5.41, 5.74) is 4.59. The van der Waals surface area contributed by atoms with Gasteiger partial charge in [-0.15, -0.1) is 0 Å². The van der Waals surface area contributed by atoms with Crippen molar-refractivity contribution in [3.63, 3.8) is 0 Å². The zero-order valence-electron chi connectivity index (χ0n) is 12.5. The van der Waals surface area contributed by atoms with Gasteiger partial charge in [-0.25, -0.2) is 0 Å². The molecule has 0 bridgehead atoms. The number of fused-ring (bicyclic) bond motifs is 1. The Morgan fingerprint density at radius 2 is 2.05 bits per heavy atom. The number of aromatic nitrogens is 1. The fraction of sp³-hybridized carbons (Fsp3) is 0.412. The van der Waals surface area contributed by atoms with Crippen molar-refractivity contribution in [3.05, 3.63) is 46.8 Å². The molecule has 3 rings (SSSR count). The van der Waals surface area contributed by atoms with Crippen LogP contribution in [0.15, 0.2) is 30.5 Å². The van der Waals surface area contributed by atoms with Crippen molar-refractivity contribution in [2.24, 2.45) is 5.92 Å². The molecule has 108 valence electrons. The molecule has 2 N–H and O–H groups in total. The summed E-state index contributed by atoms with van der Waals surface area (Å²) in [6.45, 7) is 10.9. The van der Waals surface area contributed by atoms with Gasteiger partial charge in [0.25, 0.3) is 0 Å². The molecule has 2 aromatic rings. The molecule has 1 aromatic heterocycles. The molecule has 1 heterocycles. The van der Waals surface area contributed by atoms with Crippen LogP contribution >= 0.6 is 11.6 Å². The van der Waals surface area contributed by atoms with Gasteiger partial charge in [0.1, 0.15) is 0 Å². The number of halogens is 1. The summed E-state index contributed by atoms with van der Waals surface area (Å²) in [4.78, 5) is 3.42. The van der Waals surface area contributed by atoms with Crippen LogP contribution in [0.3, 0.4) is 0 Å². The van der Waals surface area contributed by atoms with E-state index in [-0.39, 0.29) is 0 Å². The minimum atomic E-state index is 0.700. The molecule has 3 heteroatoms. The maximum absolute atomic E-state index is 6.13. The Kier molecular flexibility index (Phi) is 4.77. The fourth-order valence-corrected chi connectivity index (χ4v) is 2.37. The van der Waals surface area contributed by atoms with E-state index in [9.17, 15) is 0 Å². The van der Waals surface area contributed by atoms with Crippen LogP contribution in [0.2, 0.25) is 5.02 Å². The minimum absolute atomic E-state index is 0.700. The Hall–Kier alpha value is -1.41. The third-order valence-corrected chi connectivity index (χ3v) is 3.94. The summed E-state index contributed by atoms with van der Waals surface area (Å²) in [5.74, 6) is 0.700. The van der Waals surface area contributed by atoms with Crippen LogP contribution in [-0.2, 0) is 6.54 Å². The number of aromatic amines is 1. The smallest absolute Gasteiger partial charge is 0.0548 e. The maximum atomic E-state index is 6.13. The highest BCUT2D eigenvalue weighted by molar-refractivity contribution is 6.32. The van der Waals surface area contributed by atoms with Crippen LogP contribution in [0.1, 0.15) is 37.9 Å². The Morgan fingerprint density at radius 1 is 1.35 bits per heavy atom. The first-order chi connectivity index (χ1) is 9.63. The van der Waals surface area contributed by atoms with Crippen molar-refractivity contribution in [2.75, 3.05) is 0 Å². The molecular weight excluding hydrogens is 268 g/mol. The van der Waals surface area contributed by atoms with Crippen molar-refractivity contribution >= 4 is 22.5 Å². The van der Waals surface area contributed by atoms with Gasteiger partial charge in [0.2, 0.25) is 0 Å². The van der Waals surface area contributed by atoms with Crippen LogP contribution in [0.4, 0.5) is 0 Å². The normalized spacial score (nSPS) is 13.8. The molecule has 1 fully saturated rings. The van der Waals surface area contributed by atoms with Crippen LogP contribution in [0, 0.1) is 12.8 Å². The molecule has 1 saturated carbocycles. The average Bonchev–Trinajstić information content (AvgIpc) is 3.22. The molecular formula is C17H23ClN2. The topological polar surface area (TPSA) is 27.8 Å². The van der Waals surface area contributed by atoms with Gasteiger partial charge in [-0.05, 0) is 49.4 Å². The van der Waals surface area contributed by atoms with E-state index in [1.54, 1.807) is 0 Å². The predicted octanol–water partition coefficient (Wildman–Crippen LogP) is 5.17. The van der Waals surface area contributed by atoms with Gasteiger partial charge in [0.15, 0.2) is 0 Å². The fourth-order valence-electron chi connectivity index (χ4n) is 2.20. The number of hydrogen-bond acceptors (Lipinski definition) is 1.